The van der Waals surface area contributed by atoms with Crippen molar-refractivity contribution in [3.63, 3.8) is 0 Å². The summed E-state index contributed by atoms with van der Waals surface area (Å²) < 4.78 is 0. The maximum atomic E-state index is 12.4. The second-order valence-electron chi connectivity index (χ2n) is 6.39. The first-order valence-corrected chi connectivity index (χ1v) is 8.29. The number of rotatable bonds is 9. The minimum atomic E-state index is 0.267. The molecule has 0 amide bonds. The van der Waals surface area contributed by atoms with Gasteiger partial charge in [-0.2, -0.15) is 0 Å². The molecule has 0 saturated carbocycles. The highest BCUT2D eigenvalue weighted by atomic mass is 16.1. The highest BCUT2D eigenvalue weighted by Gasteiger charge is 2.13. The van der Waals surface area contributed by atoms with E-state index in [1.807, 2.05) is 12.1 Å². The molecule has 1 aromatic carbocycles. The zero-order chi connectivity index (χ0) is 15.8. The van der Waals surface area contributed by atoms with Crippen LogP contribution >= 0.6 is 0 Å². The van der Waals surface area contributed by atoms with Gasteiger partial charge in [0.05, 0.1) is 0 Å². The van der Waals surface area contributed by atoms with E-state index in [0.717, 1.165) is 18.7 Å². The Labute approximate surface area is 130 Å². The molecule has 0 aliphatic rings. The summed E-state index contributed by atoms with van der Waals surface area (Å²) in [4.78, 5) is 14.8. The van der Waals surface area contributed by atoms with Crippen LogP contribution in [-0.2, 0) is 0 Å². The number of nitrogens with zero attached hydrogens (tertiary/aromatic N) is 1. The van der Waals surface area contributed by atoms with Crippen molar-refractivity contribution in [1.29, 1.82) is 0 Å². The van der Waals surface area contributed by atoms with Gasteiger partial charge in [-0.1, -0.05) is 37.0 Å². The summed E-state index contributed by atoms with van der Waals surface area (Å²) in [5, 5.41) is 0. The predicted octanol–water partition coefficient (Wildman–Crippen LogP) is 4.78. The van der Waals surface area contributed by atoms with Gasteiger partial charge in [-0.15, -0.1) is 0 Å². The predicted molar refractivity (Wildman–Crippen MR) is 91.1 cm³/mol. The lowest BCUT2D eigenvalue weighted by Gasteiger charge is -2.26. The van der Waals surface area contributed by atoms with Crippen LogP contribution in [0, 0.1) is 13.8 Å². The van der Waals surface area contributed by atoms with Gasteiger partial charge in [0.2, 0.25) is 0 Å². The molecule has 0 spiro atoms. The number of ketones is 1. The molecule has 0 aliphatic carbocycles. The van der Waals surface area contributed by atoms with Crippen LogP contribution in [0.4, 0.5) is 0 Å². The lowest BCUT2D eigenvalue weighted by atomic mass is 10.0. The zero-order valence-electron chi connectivity index (χ0n) is 14.4. The van der Waals surface area contributed by atoms with E-state index in [2.05, 4.69) is 45.6 Å². The summed E-state index contributed by atoms with van der Waals surface area (Å²) in [6.45, 7) is 12.7. The molecule has 0 N–H and O–H groups in total. The minimum Gasteiger partial charge on any atom is -0.300 e. The first-order chi connectivity index (χ1) is 9.93. The Bertz CT molecular complexity index is 431. The van der Waals surface area contributed by atoms with Crippen molar-refractivity contribution in [2.24, 2.45) is 0 Å². The van der Waals surface area contributed by atoms with Crippen LogP contribution in [0.25, 0.3) is 0 Å². The lowest BCUT2D eigenvalue weighted by Crippen LogP contribution is -2.33. The average molecular weight is 289 g/mol. The molecule has 0 saturated heterocycles. The second kappa shape index (κ2) is 8.99. The van der Waals surface area contributed by atoms with Crippen molar-refractivity contribution in [2.45, 2.75) is 66.3 Å². The van der Waals surface area contributed by atoms with Gasteiger partial charge in [0.15, 0.2) is 5.78 Å². The fourth-order valence-electron chi connectivity index (χ4n) is 2.72. The fourth-order valence-corrected chi connectivity index (χ4v) is 2.72. The average Bonchev–Trinajstić information content (AvgIpc) is 2.40. The Balaban J connectivity index is 2.56. The SMILES string of the molecule is CCCCCN(CCC(=O)c1cc(C)cc(C)c1)C(C)C. The second-order valence-corrected chi connectivity index (χ2v) is 6.39. The number of Topliss-reactive ketones (excluding diaryl/α,β-unsaturated/α-hetero) is 1. The third-order valence-corrected chi connectivity index (χ3v) is 3.95. The zero-order valence-corrected chi connectivity index (χ0v) is 14.4. The van der Waals surface area contributed by atoms with Gasteiger partial charge < -0.3 is 4.90 Å². The van der Waals surface area contributed by atoms with E-state index in [4.69, 9.17) is 0 Å². The summed E-state index contributed by atoms with van der Waals surface area (Å²) in [7, 11) is 0. The van der Waals surface area contributed by atoms with Crippen molar-refractivity contribution in [3.05, 3.63) is 34.9 Å². The number of carbonyl (C=O) groups is 1. The van der Waals surface area contributed by atoms with Gasteiger partial charge in [0.1, 0.15) is 0 Å². The van der Waals surface area contributed by atoms with Crippen LogP contribution in [0.3, 0.4) is 0 Å². The number of benzene rings is 1. The molecule has 1 rings (SSSR count). The fraction of sp³-hybridized carbons (Fsp3) is 0.632. The Morgan fingerprint density at radius 3 is 2.19 bits per heavy atom. The molecule has 0 radical (unpaired) electrons. The normalized spacial score (nSPS) is 11.4. The quantitative estimate of drug-likeness (QED) is 0.482. The van der Waals surface area contributed by atoms with Gasteiger partial charge in [0.25, 0.3) is 0 Å². The van der Waals surface area contributed by atoms with Crippen LogP contribution in [0.2, 0.25) is 0 Å². The molecule has 21 heavy (non-hydrogen) atoms. The molecule has 2 nitrogen and oxygen atoms in total. The number of carbonyl (C=O) groups excluding carboxylic acids is 1. The van der Waals surface area contributed by atoms with Gasteiger partial charge in [-0.3, -0.25) is 4.79 Å². The summed E-state index contributed by atoms with van der Waals surface area (Å²) in [6, 6.07) is 6.63. The van der Waals surface area contributed by atoms with Crippen molar-refractivity contribution in [3.8, 4) is 0 Å². The number of hydrogen-bond donors (Lipinski definition) is 0. The van der Waals surface area contributed by atoms with Gasteiger partial charge in [-0.05, 0) is 52.8 Å². The van der Waals surface area contributed by atoms with E-state index in [0.29, 0.717) is 12.5 Å². The highest BCUT2D eigenvalue weighted by Crippen LogP contribution is 2.12. The third kappa shape index (κ3) is 6.43. The molecule has 0 fully saturated rings. The Morgan fingerprint density at radius 2 is 1.67 bits per heavy atom. The van der Waals surface area contributed by atoms with Crippen molar-refractivity contribution >= 4 is 5.78 Å². The Morgan fingerprint density at radius 1 is 1.05 bits per heavy atom. The highest BCUT2D eigenvalue weighted by molar-refractivity contribution is 5.96. The molecule has 1 aromatic rings. The van der Waals surface area contributed by atoms with Crippen LogP contribution in [0.15, 0.2) is 18.2 Å². The van der Waals surface area contributed by atoms with Crippen molar-refractivity contribution < 1.29 is 4.79 Å². The Kier molecular flexibility index (Phi) is 7.66. The molecule has 0 aromatic heterocycles. The summed E-state index contributed by atoms with van der Waals surface area (Å²) in [6.07, 6.45) is 4.36. The molecular weight excluding hydrogens is 258 g/mol. The van der Waals surface area contributed by atoms with Crippen molar-refractivity contribution in [1.82, 2.24) is 4.90 Å². The molecule has 0 unspecified atom stereocenters. The Hall–Kier alpha value is -1.15. The topological polar surface area (TPSA) is 20.3 Å². The molecule has 0 atom stereocenters. The van der Waals surface area contributed by atoms with Gasteiger partial charge in [0, 0.05) is 24.6 Å². The smallest absolute Gasteiger partial charge is 0.164 e. The molecular formula is C19H31NO. The summed E-state index contributed by atoms with van der Waals surface area (Å²) >= 11 is 0. The summed E-state index contributed by atoms with van der Waals surface area (Å²) in [5.74, 6) is 0.267. The minimum absolute atomic E-state index is 0.267. The van der Waals surface area contributed by atoms with E-state index in [1.54, 1.807) is 0 Å². The van der Waals surface area contributed by atoms with Crippen LogP contribution in [0.1, 0.15) is 67.9 Å². The maximum Gasteiger partial charge on any atom is 0.164 e. The standard InChI is InChI=1S/C19H31NO/c1-6-7-8-10-20(15(2)3)11-9-19(21)18-13-16(4)12-17(5)14-18/h12-15H,6-11H2,1-5H3. The van der Waals surface area contributed by atoms with Crippen LogP contribution in [0.5, 0.6) is 0 Å². The largest absolute Gasteiger partial charge is 0.300 e. The van der Waals surface area contributed by atoms with E-state index >= 15 is 0 Å². The first-order valence-electron chi connectivity index (χ1n) is 8.29. The first kappa shape index (κ1) is 17.9. The number of hydrogen-bond acceptors (Lipinski definition) is 2. The van der Waals surface area contributed by atoms with Gasteiger partial charge in [-0.25, -0.2) is 0 Å². The van der Waals surface area contributed by atoms with E-state index < -0.39 is 0 Å². The monoisotopic (exact) mass is 289 g/mol. The van der Waals surface area contributed by atoms with Gasteiger partial charge >= 0.3 is 0 Å². The lowest BCUT2D eigenvalue weighted by molar-refractivity contribution is 0.0955. The number of unbranched alkanes of at least 4 members (excludes halogenated alkanes) is 2. The van der Waals surface area contributed by atoms with Crippen LogP contribution in [-0.4, -0.2) is 29.8 Å². The molecule has 0 bridgehead atoms. The number of aryl methyl sites for hydroxylation is 2. The maximum absolute atomic E-state index is 12.4. The molecule has 2 heteroatoms. The molecule has 118 valence electrons. The van der Waals surface area contributed by atoms with Crippen molar-refractivity contribution in [2.75, 3.05) is 13.1 Å². The third-order valence-electron chi connectivity index (χ3n) is 3.95. The molecule has 0 aliphatic heterocycles. The van der Waals surface area contributed by atoms with Crippen LogP contribution < -0.4 is 0 Å². The van der Waals surface area contributed by atoms with E-state index in [1.165, 1.54) is 30.4 Å². The summed E-state index contributed by atoms with van der Waals surface area (Å²) in [5.41, 5.74) is 3.20. The van der Waals surface area contributed by atoms with E-state index in [9.17, 15) is 4.79 Å². The molecule has 0 heterocycles. The van der Waals surface area contributed by atoms with E-state index in [-0.39, 0.29) is 5.78 Å².